The summed E-state index contributed by atoms with van der Waals surface area (Å²) < 4.78 is 0. The fourth-order valence-electron chi connectivity index (χ4n) is 1.36. The number of rotatable bonds is 1. The number of aliphatic hydroxyl groups excluding tert-OH is 1. The molecule has 3 N–H and O–H groups in total. The molecule has 0 aliphatic heterocycles. The Morgan fingerprint density at radius 1 is 1.33 bits per heavy atom. The van der Waals surface area contributed by atoms with Gasteiger partial charge in [0.1, 0.15) is 0 Å². The molecule has 72 valence electrons. The summed E-state index contributed by atoms with van der Waals surface area (Å²) in [5.41, 5.74) is 0. The second-order valence-corrected chi connectivity index (χ2v) is 2.90. The highest BCUT2D eigenvalue weighted by Gasteiger charge is 2.16. The molecule has 0 spiro atoms. The third kappa shape index (κ3) is 5.09. The minimum atomic E-state index is -0.250. The number of carbonyl (C=O) groups is 1. The van der Waals surface area contributed by atoms with Crippen LogP contribution in [0.5, 0.6) is 0 Å². The molecule has 1 aliphatic carbocycles. The zero-order valence-electron chi connectivity index (χ0n) is 7.36. The van der Waals surface area contributed by atoms with Gasteiger partial charge >= 0.3 is 0 Å². The molecule has 0 radical (unpaired) electrons. The van der Waals surface area contributed by atoms with E-state index in [1.54, 1.807) is 0 Å². The maximum absolute atomic E-state index is 9.09. The Bertz CT molecular complexity index is 111. The molecule has 1 saturated carbocycles. The normalized spacial score (nSPS) is 28.5. The molecule has 0 heterocycles. The maximum Gasteiger partial charge on any atom is 0.290 e. The largest absolute Gasteiger partial charge is 0.483 e. The average molecular weight is 175 g/mol. The quantitative estimate of drug-likeness (QED) is 0.498. The summed E-state index contributed by atoms with van der Waals surface area (Å²) in [7, 11) is 1.99. The van der Waals surface area contributed by atoms with Gasteiger partial charge in [0.2, 0.25) is 0 Å². The number of hydrogen-bond acceptors (Lipinski definition) is 3. The second kappa shape index (κ2) is 7.06. The topological polar surface area (TPSA) is 69.6 Å². The van der Waals surface area contributed by atoms with E-state index in [4.69, 9.17) is 15.0 Å². The van der Waals surface area contributed by atoms with Crippen LogP contribution in [0.3, 0.4) is 0 Å². The molecule has 12 heavy (non-hydrogen) atoms. The van der Waals surface area contributed by atoms with Gasteiger partial charge in [0, 0.05) is 6.04 Å². The molecule has 1 aliphatic rings. The Morgan fingerprint density at radius 3 is 2.08 bits per heavy atom. The summed E-state index contributed by atoms with van der Waals surface area (Å²) >= 11 is 0. The van der Waals surface area contributed by atoms with Gasteiger partial charge in [-0.1, -0.05) is 0 Å². The molecule has 1 fully saturated rings. The van der Waals surface area contributed by atoms with Crippen molar-refractivity contribution < 1.29 is 15.0 Å². The average Bonchev–Trinajstić information content (AvgIpc) is 2.07. The molecular formula is C8H17NO3. The lowest BCUT2D eigenvalue weighted by Gasteiger charge is -2.24. The first-order valence-electron chi connectivity index (χ1n) is 4.17. The molecule has 0 aromatic rings. The molecule has 0 bridgehead atoms. The fourth-order valence-corrected chi connectivity index (χ4v) is 1.36. The third-order valence-electron chi connectivity index (χ3n) is 2.10. The van der Waals surface area contributed by atoms with Gasteiger partial charge < -0.3 is 15.5 Å². The molecule has 4 heteroatoms. The maximum atomic E-state index is 9.09. The first-order chi connectivity index (χ1) is 5.74. The van der Waals surface area contributed by atoms with Crippen molar-refractivity contribution in [3.8, 4) is 0 Å². The minimum Gasteiger partial charge on any atom is -0.483 e. The molecule has 1 rings (SSSR count). The Balaban J connectivity index is 0.000000354. The number of nitrogens with one attached hydrogen (secondary N) is 1. The third-order valence-corrected chi connectivity index (χ3v) is 2.10. The lowest BCUT2D eigenvalue weighted by Crippen LogP contribution is -2.31. The number of carboxylic acid groups (broad SMARTS) is 1. The highest BCUT2D eigenvalue weighted by atomic mass is 16.3. The zero-order chi connectivity index (χ0) is 9.40. The van der Waals surface area contributed by atoms with Gasteiger partial charge in [0.25, 0.3) is 6.47 Å². The number of aliphatic hydroxyl groups is 1. The summed E-state index contributed by atoms with van der Waals surface area (Å²) in [6.07, 6.45) is 4.21. The fraction of sp³-hybridized carbons (Fsp3) is 0.875. The van der Waals surface area contributed by atoms with Crippen molar-refractivity contribution in [3.63, 3.8) is 0 Å². The van der Waals surface area contributed by atoms with Gasteiger partial charge in [-0.15, -0.1) is 0 Å². The van der Waals surface area contributed by atoms with Gasteiger partial charge in [0.15, 0.2) is 0 Å². The van der Waals surface area contributed by atoms with Gasteiger partial charge in [-0.2, -0.15) is 0 Å². The van der Waals surface area contributed by atoms with E-state index in [0.717, 1.165) is 25.7 Å². The van der Waals surface area contributed by atoms with E-state index in [1.165, 1.54) is 0 Å². The summed E-state index contributed by atoms with van der Waals surface area (Å²) in [6, 6.07) is 0.661. The zero-order valence-corrected chi connectivity index (χ0v) is 7.36. The molecule has 0 aromatic heterocycles. The van der Waals surface area contributed by atoms with E-state index >= 15 is 0 Å². The van der Waals surface area contributed by atoms with Crippen LogP contribution in [0.15, 0.2) is 0 Å². The van der Waals surface area contributed by atoms with E-state index in [2.05, 4.69) is 5.32 Å². The summed E-state index contributed by atoms with van der Waals surface area (Å²) in [4.78, 5) is 8.36. The monoisotopic (exact) mass is 175 g/mol. The first kappa shape index (κ1) is 11.4. The molecular weight excluding hydrogens is 158 g/mol. The van der Waals surface area contributed by atoms with Gasteiger partial charge in [-0.05, 0) is 32.7 Å². The molecule has 0 atom stereocenters. The van der Waals surface area contributed by atoms with Crippen LogP contribution in [0, 0.1) is 0 Å². The molecule has 0 amide bonds. The van der Waals surface area contributed by atoms with E-state index in [-0.39, 0.29) is 12.6 Å². The second-order valence-electron chi connectivity index (χ2n) is 2.90. The van der Waals surface area contributed by atoms with Crippen molar-refractivity contribution in [1.29, 1.82) is 0 Å². The predicted molar refractivity (Wildman–Crippen MR) is 46.0 cm³/mol. The molecule has 0 aromatic carbocycles. The van der Waals surface area contributed by atoms with Gasteiger partial charge in [-0.25, -0.2) is 0 Å². The van der Waals surface area contributed by atoms with Crippen LogP contribution in [0.1, 0.15) is 25.7 Å². The summed E-state index contributed by atoms with van der Waals surface area (Å²) in [6.45, 7) is -0.250. The van der Waals surface area contributed by atoms with Crippen LogP contribution >= 0.6 is 0 Å². The SMILES string of the molecule is CNC1CCC(O)CC1.O=CO. The van der Waals surface area contributed by atoms with Crippen LogP contribution in [-0.4, -0.2) is 35.9 Å². The van der Waals surface area contributed by atoms with Gasteiger partial charge in [-0.3, -0.25) is 4.79 Å². The first-order valence-corrected chi connectivity index (χ1v) is 4.17. The minimum absolute atomic E-state index is 0.0189. The Labute approximate surface area is 72.6 Å². The van der Waals surface area contributed by atoms with Crippen LogP contribution in [0.2, 0.25) is 0 Å². The highest BCUT2D eigenvalue weighted by Crippen LogP contribution is 2.17. The Hall–Kier alpha value is -0.610. The van der Waals surface area contributed by atoms with Crippen LogP contribution in [0.25, 0.3) is 0 Å². The van der Waals surface area contributed by atoms with E-state index in [1.807, 2.05) is 7.05 Å². The smallest absolute Gasteiger partial charge is 0.290 e. The molecule has 4 nitrogen and oxygen atoms in total. The van der Waals surface area contributed by atoms with Crippen molar-refractivity contribution in [2.75, 3.05) is 7.05 Å². The molecule has 0 saturated heterocycles. The molecule has 0 unspecified atom stereocenters. The van der Waals surface area contributed by atoms with E-state index in [9.17, 15) is 0 Å². The Kier molecular flexibility index (Phi) is 6.70. The van der Waals surface area contributed by atoms with Crippen LogP contribution in [-0.2, 0) is 4.79 Å². The van der Waals surface area contributed by atoms with E-state index in [0.29, 0.717) is 6.04 Å². The Morgan fingerprint density at radius 2 is 1.75 bits per heavy atom. The summed E-state index contributed by atoms with van der Waals surface area (Å²) in [5, 5.41) is 19.2. The van der Waals surface area contributed by atoms with Gasteiger partial charge in [0.05, 0.1) is 6.10 Å². The summed E-state index contributed by atoms with van der Waals surface area (Å²) in [5.74, 6) is 0. The lowest BCUT2D eigenvalue weighted by atomic mass is 9.93. The van der Waals surface area contributed by atoms with Crippen molar-refractivity contribution >= 4 is 6.47 Å². The van der Waals surface area contributed by atoms with Crippen LogP contribution < -0.4 is 5.32 Å². The lowest BCUT2D eigenvalue weighted by molar-refractivity contribution is -0.122. The van der Waals surface area contributed by atoms with Crippen molar-refractivity contribution in [2.45, 2.75) is 37.8 Å². The predicted octanol–water partition coefficient (Wildman–Crippen LogP) is 0.210. The number of hydrogen-bond donors (Lipinski definition) is 3. The van der Waals surface area contributed by atoms with E-state index < -0.39 is 0 Å². The van der Waals surface area contributed by atoms with Crippen molar-refractivity contribution in [3.05, 3.63) is 0 Å². The van der Waals surface area contributed by atoms with Crippen molar-refractivity contribution in [1.82, 2.24) is 5.32 Å². The van der Waals surface area contributed by atoms with Crippen molar-refractivity contribution in [2.24, 2.45) is 0 Å². The standard InChI is InChI=1S/C7H15NO.CH2O2/c1-8-6-2-4-7(9)5-3-6;2-1-3/h6-9H,2-5H2,1H3;1H,(H,2,3). The van der Waals surface area contributed by atoms with Crippen LogP contribution in [0.4, 0.5) is 0 Å². The highest BCUT2D eigenvalue weighted by molar-refractivity contribution is 5.32.